The van der Waals surface area contributed by atoms with E-state index in [1.54, 1.807) is 0 Å². The molecule has 0 saturated heterocycles. The number of ether oxygens (including phenoxy) is 1. The quantitative estimate of drug-likeness (QED) is 0.714. The van der Waals surface area contributed by atoms with Crippen LogP contribution in [-0.2, 0) is 9.53 Å². The van der Waals surface area contributed by atoms with Crippen LogP contribution in [0.2, 0.25) is 0 Å². The molecule has 2 unspecified atom stereocenters. The summed E-state index contributed by atoms with van der Waals surface area (Å²) >= 11 is 0. The summed E-state index contributed by atoms with van der Waals surface area (Å²) in [6, 6.07) is -0.0906. The van der Waals surface area contributed by atoms with Crippen LogP contribution in [0.25, 0.3) is 0 Å². The number of alkyl carbamates (subject to hydrolysis) is 1. The Hall–Kier alpha value is -1.52. The number of aliphatic carboxylic acids is 1. The Morgan fingerprint density at radius 3 is 2.88 bits per heavy atom. The molecule has 5 heteroatoms. The number of carbonyl (C=O) groups is 2. The van der Waals surface area contributed by atoms with Crippen LogP contribution in [0.4, 0.5) is 4.79 Å². The first-order chi connectivity index (χ1) is 7.63. The topological polar surface area (TPSA) is 75.6 Å². The number of carbonyl (C=O) groups excluding carboxylic acids is 1. The molecule has 2 atom stereocenters. The lowest BCUT2D eigenvalue weighted by Crippen LogP contribution is -2.40. The molecule has 1 rings (SSSR count). The Labute approximate surface area is 94.5 Å². The minimum Gasteiger partial charge on any atom is -0.481 e. The number of rotatable bonds is 4. The highest BCUT2D eigenvalue weighted by Gasteiger charge is 2.27. The molecule has 5 nitrogen and oxygen atoms in total. The van der Waals surface area contributed by atoms with Gasteiger partial charge in [0, 0.05) is 6.04 Å². The van der Waals surface area contributed by atoms with Gasteiger partial charge in [-0.15, -0.1) is 0 Å². The molecule has 0 aromatic carbocycles. The van der Waals surface area contributed by atoms with Crippen molar-refractivity contribution in [1.82, 2.24) is 5.32 Å². The highest BCUT2D eigenvalue weighted by atomic mass is 16.5. The maximum atomic E-state index is 11.2. The highest BCUT2D eigenvalue weighted by Crippen LogP contribution is 2.24. The second kappa shape index (κ2) is 6.15. The molecule has 2 N–H and O–H groups in total. The fraction of sp³-hybridized carbons (Fsp3) is 0.636. The van der Waals surface area contributed by atoms with E-state index in [4.69, 9.17) is 9.84 Å². The average Bonchev–Trinajstić information content (AvgIpc) is 2.26. The van der Waals surface area contributed by atoms with Crippen LogP contribution in [0.15, 0.2) is 12.7 Å². The maximum Gasteiger partial charge on any atom is 0.407 e. The van der Waals surface area contributed by atoms with E-state index in [1.807, 2.05) is 0 Å². The Morgan fingerprint density at radius 1 is 1.50 bits per heavy atom. The number of amides is 1. The van der Waals surface area contributed by atoms with Crippen LogP contribution >= 0.6 is 0 Å². The van der Waals surface area contributed by atoms with E-state index in [2.05, 4.69) is 11.9 Å². The third-order valence-electron chi connectivity index (χ3n) is 2.68. The fourth-order valence-corrected chi connectivity index (χ4v) is 1.89. The monoisotopic (exact) mass is 227 g/mol. The van der Waals surface area contributed by atoms with E-state index in [-0.39, 0.29) is 18.6 Å². The van der Waals surface area contributed by atoms with Gasteiger partial charge in [0.25, 0.3) is 0 Å². The summed E-state index contributed by atoms with van der Waals surface area (Å²) in [5, 5.41) is 11.5. The van der Waals surface area contributed by atoms with Crippen LogP contribution in [-0.4, -0.2) is 29.8 Å². The van der Waals surface area contributed by atoms with Crippen molar-refractivity contribution in [3.05, 3.63) is 12.7 Å². The average molecular weight is 227 g/mol. The van der Waals surface area contributed by atoms with E-state index in [9.17, 15) is 9.59 Å². The lowest BCUT2D eigenvalue weighted by molar-refractivity contribution is -0.143. The van der Waals surface area contributed by atoms with Gasteiger partial charge in [0.15, 0.2) is 0 Å². The molecule has 1 amide bonds. The van der Waals surface area contributed by atoms with Gasteiger partial charge in [-0.2, -0.15) is 0 Å². The summed E-state index contributed by atoms with van der Waals surface area (Å²) in [6.45, 7) is 3.60. The van der Waals surface area contributed by atoms with E-state index < -0.39 is 12.1 Å². The number of carboxylic acids is 1. The van der Waals surface area contributed by atoms with E-state index in [1.165, 1.54) is 6.08 Å². The smallest absolute Gasteiger partial charge is 0.407 e. The SMILES string of the molecule is C=CCOC(=O)NC1CCCC(C(=O)O)C1. The van der Waals surface area contributed by atoms with Crippen LogP contribution in [0.3, 0.4) is 0 Å². The minimum atomic E-state index is -0.786. The van der Waals surface area contributed by atoms with Gasteiger partial charge in [-0.25, -0.2) is 4.79 Å². The van der Waals surface area contributed by atoms with Gasteiger partial charge < -0.3 is 15.2 Å². The fourth-order valence-electron chi connectivity index (χ4n) is 1.89. The zero-order valence-corrected chi connectivity index (χ0v) is 9.15. The second-order valence-corrected chi connectivity index (χ2v) is 3.93. The Bertz CT molecular complexity index is 277. The Kier molecular flexibility index (Phi) is 4.82. The van der Waals surface area contributed by atoms with Crippen LogP contribution < -0.4 is 5.32 Å². The van der Waals surface area contributed by atoms with E-state index in [0.29, 0.717) is 12.8 Å². The van der Waals surface area contributed by atoms with E-state index in [0.717, 1.165) is 12.8 Å². The largest absolute Gasteiger partial charge is 0.481 e. The molecule has 0 spiro atoms. The first kappa shape index (κ1) is 12.5. The van der Waals surface area contributed by atoms with Gasteiger partial charge >= 0.3 is 12.1 Å². The predicted molar refractivity (Wildman–Crippen MR) is 58.1 cm³/mol. The second-order valence-electron chi connectivity index (χ2n) is 3.93. The first-order valence-corrected chi connectivity index (χ1v) is 5.40. The summed E-state index contributed by atoms with van der Waals surface area (Å²) < 4.78 is 4.77. The van der Waals surface area contributed by atoms with Crippen molar-refractivity contribution >= 4 is 12.1 Å². The summed E-state index contributed by atoms with van der Waals surface area (Å²) in [7, 11) is 0. The zero-order valence-electron chi connectivity index (χ0n) is 9.15. The highest BCUT2D eigenvalue weighted by molar-refractivity contribution is 5.71. The van der Waals surface area contributed by atoms with Gasteiger partial charge in [0.2, 0.25) is 0 Å². The minimum absolute atomic E-state index is 0.0906. The predicted octanol–water partition coefficient (Wildman–Crippen LogP) is 1.54. The number of hydrogen-bond acceptors (Lipinski definition) is 3. The molecule has 1 aliphatic rings. The third kappa shape index (κ3) is 3.92. The Balaban J connectivity index is 2.33. The third-order valence-corrected chi connectivity index (χ3v) is 2.68. The van der Waals surface area contributed by atoms with Crippen molar-refractivity contribution < 1.29 is 19.4 Å². The molecule has 0 aromatic heterocycles. The normalized spacial score (nSPS) is 24.5. The molecular weight excluding hydrogens is 210 g/mol. The van der Waals surface area contributed by atoms with Gasteiger partial charge in [-0.3, -0.25) is 4.79 Å². The standard InChI is InChI=1S/C11H17NO4/c1-2-6-16-11(15)12-9-5-3-4-8(7-9)10(13)14/h2,8-9H,1,3-7H2,(H,12,15)(H,13,14). The summed E-state index contributed by atoms with van der Waals surface area (Å²) in [4.78, 5) is 22.0. The van der Waals surface area contributed by atoms with Crippen molar-refractivity contribution in [1.29, 1.82) is 0 Å². The first-order valence-electron chi connectivity index (χ1n) is 5.40. The molecule has 1 saturated carbocycles. The van der Waals surface area contributed by atoms with Gasteiger partial charge in [-0.1, -0.05) is 19.1 Å². The number of nitrogens with one attached hydrogen (secondary N) is 1. The summed E-state index contributed by atoms with van der Waals surface area (Å²) in [5.74, 6) is -1.13. The summed E-state index contributed by atoms with van der Waals surface area (Å²) in [6.07, 6.45) is 3.79. The molecule has 0 aliphatic heterocycles. The number of carboxylic acid groups (broad SMARTS) is 1. The number of hydrogen-bond donors (Lipinski definition) is 2. The van der Waals surface area contributed by atoms with Gasteiger partial charge in [-0.05, 0) is 19.3 Å². The lowest BCUT2D eigenvalue weighted by Gasteiger charge is -2.26. The zero-order chi connectivity index (χ0) is 12.0. The van der Waals surface area contributed by atoms with Gasteiger partial charge in [0.05, 0.1) is 5.92 Å². The van der Waals surface area contributed by atoms with Crippen LogP contribution in [0.1, 0.15) is 25.7 Å². The van der Waals surface area contributed by atoms with Crippen molar-refractivity contribution in [3.8, 4) is 0 Å². The molecule has 1 fully saturated rings. The molecule has 0 aromatic rings. The molecule has 0 heterocycles. The summed E-state index contributed by atoms with van der Waals surface area (Å²) in [5.41, 5.74) is 0. The van der Waals surface area contributed by atoms with Gasteiger partial charge in [0.1, 0.15) is 6.61 Å². The van der Waals surface area contributed by atoms with Crippen molar-refractivity contribution in [2.75, 3.05) is 6.61 Å². The molecule has 16 heavy (non-hydrogen) atoms. The molecule has 1 aliphatic carbocycles. The maximum absolute atomic E-state index is 11.2. The van der Waals surface area contributed by atoms with Crippen molar-refractivity contribution in [3.63, 3.8) is 0 Å². The Morgan fingerprint density at radius 2 is 2.25 bits per heavy atom. The lowest BCUT2D eigenvalue weighted by atomic mass is 9.86. The molecular formula is C11H17NO4. The van der Waals surface area contributed by atoms with Crippen molar-refractivity contribution in [2.45, 2.75) is 31.7 Å². The van der Waals surface area contributed by atoms with Crippen LogP contribution in [0, 0.1) is 5.92 Å². The van der Waals surface area contributed by atoms with E-state index >= 15 is 0 Å². The molecule has 0 radical (unpaired) electrons. The van der Waals surface area contributed by atoms with Crippen molar-refractivity contribution in [2.24, 2.45) is 5.92 Å². The molecule has 90 valence electrons. The molecule has 0 bridgehead atoms. The van der Waals surface area contributed by atoms with Crippen LogP contribution in [0.5, 0.6) is 0 Å².